The smallest absolute Gasteiger partial charge is 0.124 e. The zero-order valence-corrected chi connectivity index (χ0v) is 9.71. The lowest BCUT2D eigenvalue weighted by Gasteiger charge is -2.17. The van der Waals surface area contributed by atoms with Crippen LogP contribution >= 0.6 is 0 Å². The highest BCUT2D eigenvalue weighted by Gasteiger charge is 2.12. The Labute approximate surface area is 91.4 Å². The molecule has 0 aromatic heterocycles. The number of hydrogen-bond donors (Lipinski definition) is 2. The molecule has 1 atom stereocenters. The summed E-state index contributed by atoms with van der Waals surface area (Å²) < 4.78 is 5.56. The average Bonchev–Trinajstić information content (AvgIpc) is 2.22. The molecule has 84 valence electrons. The van der Waals surface area contributed by atoms with E-state index in [-0.39, 0.29) is 6.04 Å². The van der Waals surface area contributed by atoms with Crippen LogP contribution in [0.4, 0.5) is 0 Å². The number of hydrogen-bond acceptors (Lipinski definition) is 3. The van der Waals surface area contributed by atoms with Crippen molar-refractivity contribution in [1.29, 1.82) is 0 Å². The van der Waals surface area contributed by atoms with E-state index in [2.05, 4.69) is 19.9 Å². The van der Waals surface area contributed by atoms with Crippen molar-refractivity contribution in [2.45, 2.75) is 26.8 Å². The van der Waals surface area contributed by atoms with Gasteiger partial charge in [-0.1, -0.05) is 6.07 Å². The van der Waals surface area contributed by atoms with Crippen molar-refractivity contribution in [3.63, 3.8) is 0 Å². The highest BCUT2D eigenvalue weighted by atomic mass is 16.5. The summed E-state index contributed by atoms with van der Waals surface area (Å²) in [5.74, 6) is 0.860. The molecular formula is C12H20N2O. The van der Waals surface area contributed by atoms with Crippen molar-refractivity contribution < 1.29 is 4.74 Å². The molecule has 3 heteroatoms. The molecule has 0 radical (unpaired) electrons. The molecule has 0 aliphatic rings. The largest absolute Gasteiger partial charge is 0.494 e. The molecule has 0 saturated heterocycles. The second-order valence-corrected chi connectivity index (χ2v) is 3.75. The van der Waals surface area contributed by atoms with Crippen LogP contribution in [0.5, 0.6) is 5.75 Å². The van der Waals surface area contributed by atoms with Gasteiger partial charge in [-0.25, -0.2) is 0 Å². The summed E-state index contributed by atoms with van der Waals surface area (Å²) in [6.07, 6.45) is 0. The normalized spacial score (nSPS) is 12.6. The lowest BCUT2D eigenvalue weighted by atomic mass is 10.00. The first-order valence-electron chi connectivity index (χ1n) is 5.29. The molecular weight excluding hydrogens is 188 g/mol. The van der Waals surface area contributed by atoms with Gasteiger partial charge in [-0.3, -0.25) is 0 Å². The first kappa shape index (κ1) is 12.0. The van der Waals surface area contributed by atoms with Gasteiger partial charge >= 0.3 is 0 Å². The molecule has 1 unspecified atom stereocenters. The van der Waals surface area contributed by atoms with Crippen molar-refractivity contribution >= 4 is 0 Å². The van der Waals surface area contributed by atoms with Gasteiger partial charge in [0.1, 0.15) is 5.75 Å². The molecule has 0 aliphatic heterocycles. The number of ether oxygens (including phenoxy) is 1. The van der Waals surface area contributed by atoms with Crippen LogP contribution in [0.15, 0.2) is 12.1 Å². The highest BCUT2D eigenvalue weighted by Crippen LogP contribution is 2.27. The minimum atomic E-state index is -0.147. The van der Waals surface area contributed by atoms with Crippen LogP contribution in [-0.4, -0.2) is 13.2 Å². The van der Waals surface area contributed by atoms with E-state index < -0.39 is 0 Å². The van der Waals surface area contributed by atoms with E-state index >= 15 is 0 Å². The van der Waals surface area contributed by atoms with E-state index in [9.17, 15) is 0 Å². The Morgan fingerprint density at radius 1 is 1.27 bits per heavy atom. The van der Waals surface area contributed by atoms with Crippen LogP contribution in [-0.2, 0) is 0 Å². The SMILES string of the molecule is CCOc1cc(C)c(C)cc1C(N)CN. The lowest BCUT2D eigenvalue weighted by molar-refractivity contribution is 0.334. The third kappa shape index (κ3) is 2.70. The summed E-state index contributed by atoms with van der Waals surface area (Å²) >= 11 is 0. The van der Waals surface area contributed by atoms with Crippen molar-refractivity contribution in [2.75, 3.05) is 13.2 Å². The Bertz CT molecular complexity index is 337. The van der Waals surface area contributed by atoms with Crippen molar-refractivity contribution in [3.8, 4) is 5.75 Å². The predicted octanol–water partition coefficient (Wildman–Crippen LogP) is 1.66. The zero-order valence-electron chi connectivity index (χ0n) is 9.71. The Kier molecular flexibility index (Phi) is 4.12. The third-order valence-corrected chi connectivity index (χ3v) is 2.58. The van der Waals surface area contributed by atoms with Gasteiger partial charge in [-0.15, -0.1) is 0 Å². The molecule has 1 aromatic carbocycles. The summed E-state index contributed by atoms with van der Waals surface area (Å²) in [6, 6.07) is 3.95. The summed E-state index contributed by atoms with van der Waals surface area (Å²) in [5, 5.41) is 0. The zero-order chi connectivity index (χ0) is 11.4. The first-order chi connectivity index (χ1) is 7.10. The van der Waals surface area contributed by atoms with Crippen LogP contribution in [0.25, 0.3) is 0 Å². The maximum atomic E-state index is 5.94. The Hall–Kier alpha value is -1.06. The van der Waals surface area contributed by atoms with Crippen molar-refractivity contribution in [2.24, 2.45) is 11.5 Å². The minimum absolute atomic E-state index is 0.147. The maximum Gasteiger partial charge on any atom is 0.124 e. The van der Waals surface area contributed by atoms with Crippen molar-refractivity contribution in [1.82, 2.24) is 0 Å². The number of benzene rings is 1. The van der Waals surface area contributed by atoms with Crippen LogP contribution in [0.1, 0.15) is 29.7 Å². The van der Waals surface area contributed by atoms with Gasteiger partial charge in [0.25, 0.3) is 0 Å². The van der Waals surface area contributed by atoms with E-state index in [1.54, 1.807) is 0 Å². The van der Waals surface area contributed by atoms with Crippen LogP contribution in [0.2, 0.25) is 0 Å². The fraction of sp³-hybridized carbons (Fsp3) is 0.500. The molecule has 0 spiro atoms. The van der Waals surface area contributed by atoms with Crippen LogP contribution < -0.4 is 16.2 Å². The van der Waals surface area contributed by atoms with Gasteiger partial charge in [0.15, 0.2) is 0 Å². The minimum Gasteiger partial charge on any atom is -0.494 e. The average molecular weight is 208 g/mol. The standard InChI is InChI=1S/C12H20N2O/c1-4-15-12-6-9(3)8(2)5-10(12)11(14)7-13/h5-6,11H,4,7,13-14H2,1-3H3. The quantitative estimate of drug-likeness (QED) is 0.791. The summed E-state index contributed by atoms with van der Waals surface area (Å²) in [7, 11) is 0. The first-order valence-corrected chi connectivity index (χ1v) is 5.29. The molecule has 0 saturated carbocycles. The molecule has 15 heavy (non-hydrogen) atoms. The van der Waals surface area contributed by atoms with Gasteiger partial charge in [-0.05, 0) is 38.0 Å². The Morgan fingerprint density at radius 2 is 1.87 bits per heavy atom. The summed E-state index contributed by atoms with van der Waals surface area (Å²) in [5.41, 5.74) is 15.0. The van der Waals surface area contributed by atoms with Gasteiger partial charge in [0, 0.05) is 18.2 Å². The van der Waals surface area contributed by atoms with Crippen molar-refractivity contribution in [3.05, 3.63) is 28.8 Å². The molecule has 1 aromatic rings. The van der Waals surface area contributed by atoms with E-state index in [0.717, 1.165) is 11.3 Å². The molecule has 0 fully saturated rings. The summed E-state index contributed by atoms with van der Waals surface area (Å²) in [6.45, 7) is 7.18. The molecule has 0 bridgehead atoms. The van der Waals surface area contributed by atoms with E-state index in [0.29, 0.717) is 13.2 Å². The number of rotatable bonds is 4. The van der Waals surface area contributed by atoms with Gasteiger partial charge in [0.05, 0.1) is 6.61 Å². The Morgan fingerprint density at radius 3 is 2.40 bits per heavy atom. The van der Waals surface area contributed by atoms with E-state index in [4.69, 9.17) is 16.2 Å². The second kappa shape index (κ2) is 5.14. The molecule has 4 N–H and O–H groups in total. The topological polar surface area (TPSA) is 61.3 Å². The maximum absolute atomic E-state index is 5.94. The fourth-order valence-corrected chi connectivity index (χ4v) is 1.51. The lowest BCUT2D eigenvalue weighted by Crippen LogP contribution is -2.21. The van der Waals surface area contributed by atoms with E-state index in [1.165, 1.54) is 11.1 Å². The van der Waals surface area contributed by atoms with Crippen LogP contribution in [0.3, 0.4) is 0 Å². The molecule has 0 heterocycles. The predicted molar refractivity (Wildman–Crippen MR) is 63.1 cm³/mol. The molecule has 0 aliphatic carbocycles. The number of nitrogens with two attached hydrogens (primary N) is 2. The van der Waals surface area contributed by atoms with Gasteiger partial charge < -0.3 is 16.2 Å². The van der Waals surface area contributed by atoms with Crippen LogP contribution in [0, 0.1) is 13.8 Å². The highest BCUT2D eigenvalue weighted by molar-refractivity contribution is 5.43. The second-order valence-electron chi connectivity index (χ2n) is 3.75. The summed E-state index contributed by atoms with van der Waals surface area (Å²) in [4.78, 5) is 0. The molecule has 1 rings (SSSR count). The number of aryl methyl sites for hydroxylation is 2. The van der Waals surface area contributed by atoms with Gasteiger partial charge in [-0.2, -0.15) is 0 Å². The molecule has 0 amide bonds. The fourth-order valence-electron chi connectivity index (χ4n) is 1.51. The molecule has 3 nitrogen and oxygen atoms in total. The van der Waals surface area contributed by atoms with E-state index in [1.807, 2.05) is 13.0 Å². The third-order valence-electron chi connectivity index (χ3n) is 2.58. The van der Waals surface area contributed by atoms with Gasteiger partial charge in [0.2, 0.25) is 0 Å². The monoisotopic (exact) mass is 208 g/mol. The Balaban J connectivity index is 3.15.